The first-order valence-electron chi connectivity index (χ1n) is 6.14. The molecule has 1 amide bonds. The van der Waals surface area contributed by atoms with E-state index in [4.69, 9.17) is 0 Å². The van der Waals surface area contributed by atoms with Crippen molar-refractivity contribution in [2.24, 2.45) is 0 Å². The van der Waals surface area contributed by atoms with Gasteiger partial charge in [0.15, 0.2) is 0 Å². The molecule has 0 heterocycles. The molecule has 0 aliphatic heterocycles. The Morgan fingerprint density at radius 1 is 1.15 bits per heavy atom. The number of nitrogens with one attached hydrogen (secondary N) is 1. The summed E-state index contributed by atoms with van der Waals surface area (Å²) in [6.07, 6.45) is -14.5. The van der Waals surface area contributed by atoms with Crippen LogP contribution in [0.2, 0.25) is 0 Å². The fourth-order valence-corrected chi connectivity index (χ4v) is 1.29. The number of halogens is 6. The quantitative estimate of drug-likeness (QED) is 0.539. The van der Waals surface area contributed by atoms with Crippen molar-refractivity contribution in [1.29, 1.82) is 0 Å². The highest BCUT2D eigenvalue weighted by Crippen LogP contribution is 2.32. The van der Waals surface area contributed by atoms with Crippen LogP contribution in [0, 0.1) is 0 Å². The Balaban J connectivity index is 4.08. The molecule has 0 radical (unpaired) electrons. The van der Waals surface area contributed by atoms with Crippen LogP contribution in [0.5, 0.6) is 0 Å². The maximum atomic E-state index is 12.9. The van der Waals surface area contributed by atoms with Gasteiger partial charge in [0.25, 0.3) is 0 Å². The van der Waals surface area contributed by atoms with Crippen LogP contribution in [0.3, 0.4) is 0 Å². The molecule has 1 N–H and O–H groups in total. The van der Waals surface area contributed by atoms with Gasteiger partial charge in [0.05, 0.1) is 6.42 Å². The van der Waals surface area contributed by atoms with Crippen LogP contribution in [0.1, 0.15) is 39.0 Å². The Hall–Kier alpha value is -1.15. The summed E-state index contributed by atoms with van der Waals surface area (Å²) in [5, 5.41) is 1.93. The standard InChI is InChI=1S/C11H17F6NO2/c1-2-3-4-5-6-18-9(19)20-11(16,17)8(12)7-10(13,14)15/h8H,2-7H2,1H3,(H,18,19). The van der Waals surface area contributed by atoms with Gasteiger partial charge < -0.3 is 10.1 Å². The second-order valence-corrected chi connectivity index (χ2v) is 4.23. The highest BCUT2D eigenvalue weighted by Gasteiger charge is 2.50. The maximum absolute atomic E-state index is 12.9. The highest BCUT2D eigenvalue weighted by molar-refractivity contribution is 5.67. The van der Waals surface area contributed by atoms with E-state index in [2.05, 4.69) is 4.74 Å². The highest BCUT2D eigenvalue weighted by atomic mass is 19.4. The lowest BCUT2D eigenvalue weighted by molar-refractivity contribution is -0.261. The number of ether oxygens (including phenoxy) is 1. The first kappa shape index (κ1) is 18.9. The molecule has 120 valence electrons. The molecular weight excluding hydrogens is 292 g/mol. The third-order valence-corrected chi connectivity index (χ3v) is 2.30. The van der Waals surface area contributed by atoms with Crippen molar-refractivity contribution in [1.82, 2.24) is 5.32 Å². The number of rotatable bonds is 8. The van der Waals surface area contributed by atoms with Gasteiger partial charge in [-0.1, -0.05) is 26.2 Å². The molecule has 20 heavy (non-hydrogen) atoms. The average molecular weight is 309 g/mol. The van der Waals surface area contributed by atoms with Gasteiger partial charge in [-0.25, -0.2) is 9.18 Å². The zero-order valence-electron chi connectivity index (χ0n) is 10.9. The van der Waals surface area contributed by atoms with E-state index in [1.54, 1.807) is 0 Å². The summed E-state index contributed by atoms with van der Waals surface area (Å²) in [4.78, 5) is 10.9. The first-order valence-corrected chi connectivity index (χ1v) is 6.14. The van der Waals surface area contributed by atoms with Gasteiger partial charge in [-0.2, -0.15) is 22.0 Å². The van der Waals surface area contributed by atoms with Crippen LogP contribution in [-0.4, -0.2) is 31.1 Å². The molecule has 0 aliphatic rings. The summed E-state index contributed by atoms with van der Waals surface area (Å²) in [5.41, 5.74) is 0. The number of carbonyl (C=O) groups is 1. The molecule has 0 rings (SSSR count). The third-order valence-electron chi connectivity index (χ3n) is 2.30. The molecule has 1 unspecified atom stereocenters. The van der Waals surface area contributed by atoms with E-state index in [-0.39, 0.29) is 6.54 Å². The van der Waals surface area contributed by atoms with E-state index in [0.717, 1.165) is 19.3 Å². The molecule has 3 nitrogen and oxygen atoms in total. The Kier molecular flexibility index (Phi) is 7.74. The third kappa shape index (κ3) is 8.87. The fourth-order valence-electron chi connectivity index (χ4n) is 1.29. The number of unbranched alkanes of at least 4 members (excludes halogenated alkanes) is 3. The number of alkyl carbamates (subject to hydrolysis) is 1. The molecule has 0 aromatic rings. The predicted molar refractivity (Wildman–Crippen MR) is 59.1 cm³/mol. The number of alkyl halides is 6. The van der Waals surface area contributed by atoms with Gasteiger partial charge >= 0.3 is 18.4 Å². The van der Waals surface area contributed by atoms with Crippen LogP contribution in [0.4, 0.5) is 31.1 Å². The molecule has 0 fully saturated rings. The Morgan fingerprint density at radius 2 is 1.75 bits per heavy atom. The van der Waals surface area contributed by atoms with Crippen molar-refractivity contribution >= 4 is 6.09 Å². The zero-order chi connectivity index (χ0) is 15.8. The maximum Gasteiger partial charge on any atom is 0.433 e. The molecule has 0 saturated heterocycles. The zero-order valence-corrected chi connectivity index (χ0v) is 10.9. The summed E-state index contributed by atoms with van der Waals surface area (Å²) in [6, 6.07) is 0. The van der Waals surface area contributed by atoms with Crippen molar-refractivity contribution in [2.75, 3.05) is 6.54 Å². The van der Waals surface area contributed by atoms with Crippen LogP contribution in [0.25, 0.3) is 0 Å². The van der Waals surface area contributed by atoms with Crippen molar-refractivity contribution < 1.29 is 35.9 Å². The number of amides is 1. The minimum atomic E-state index is -5.11. The van der Waals surface area contributed by atoms with Crippen LogP contribution in [0.15, 0.2) is 0 Å². The SMILES string of the molecule is CCCCCCNC(=O)OC(F)(F)C(F)CC(F)(F)F. The van der Waals surface area contributed by atoms with Gasteiger partial charge in [-0.15, -0.1) is 0 Å². The Labute approximate surface area is 112 Å². The topological polar surface area (TPSA) is 38.3 Å². The van der Waals surface area contributed by atoms with Crippen LogP contribution >= 0.6 is 0 Å². The van der Waals surface area contributed by atoms with E-state index < -0.39 is 31.0 Å². The Bertz CT molecular complexity index is 295. The Morgan fingerprint density at radius 3 is 2.25 bits per heavy atom. The van der Waals surface area contributed by atoms with Crippen molar-refractivity contribution in [3.05, 3.63) is 0 Å². The van der Waals surface area contributed by atoms with E-state index in [1.165, 1.54) is 0 Å². The molecule has 0 bridgehead atoms. The van der Waals surface area contributed by atoms with Crippen LogP contribution in [-0.2, 0) is 4.74 Å². The van der Waals surface area contributed by atoms with E-state index in [1.807, 2.05) is 12.2 Å². The minimum absolute atomic E-state index is 0.0329. The summed E-state index contributed by atoms with van der Waals surface area (Å²) in [5.74, 6) is 0. The number of carbonyl (C=O) groups excluding carboxylic acids is 1. The fraction of sp³-hybridized carbons (Fsp3) is 0.909. The van der Waals surface area contributed by atoms with Gasteiger partial charge in [0.1, 0.15) is 0 Å². The van der Waals surface area contributed by atoms with Gasteiger partial charge in [-0.3, -0.25) is 0 Å². The predicted octanol–water partition coefficient (Wildman–Crippen LogP) is 4.18. The largest absolute Gasteiger partial charge is 0.433 e. The normalized spacial score (nSPS) is 13.9. The lowest BCUT2D eigenvalue weighted by atomic mass is 10.2. The van der Waals surface area contributed by atoms with Gasteiger partial charge in [0, 0.05) is 6.54 Å². The molecule has 0 aromatic heterocycles. The summed E-state index contributed by atoms with van der Waals surface area (Å²) in [6.45, 7) is 1.98. The molecule has 1 atom stereocenters. The van der Waals surface area contributed by atoms with Gasteiger partial charge in [0.2, 0.25) is 6.17 Å². The average Bonchev–Trinajstić information content (AvgIpc) is 2.25. The van der Waals surface area contributed by atoms with Crippen molar-refractivity contribution in [2.45, 2.75) is 57.5 Å². The number of hydrogen-bond acceptors (Lipinski definition) is 2. The minimum Gasteiger partial charge on any atom is -0.382 e. The second-order valence-electron chi connectivity index (χ2n) is 4.23. The van der Waals surface area contributed by atoms with E-state index >= 15 is 0 Å². The van der Waals surface area contributed by atoms with Crippen LogP contribution < -0.4 is 5.32 Å². The van der Waals surface area contributed by atoms with E-state index in [9.17, 15) is 31.1 Å². The van der Waals surface area contributed by atoms with Gasteiger partial charge in [-0.05, 0) is 6.42 Å². The summed E-state index contributed by atoms with van der Waals surface area (Å²) in [7, 11) is 0. The summed E-state index contributed by atoms with van der Waals surface area (Å²) < 4.78 is 77.2. The molecule has 0 aliphatic carbocycles. The number of hydrogen-bond donors (Lipinski definition) is 1. The second kappa shape index (κ2) is 8.21. The smallest absolute Gasteiger partial charge is 0.382 e. The van der Waals surface area contributed by atoms with Crippen molar-refractivity contribution in [3.63, 3.8) is 0 Å². The molecule has 0 saturated carbocycles. The van der Waals surface area contributed by atoms with E-state index in [0.29, 0.717) is 6.42 Å². The lowest BCUT2D eigenvalue weighted by Crippen LogP contribution is -2.41. The molecular formula is C11H17F6NO2. The molecule has 9 heteroatoms. The lowest BCUT2D eigenvalue weighted by Gasteiger charge is -2.21. The summed E-state index contributed by atoms with van der Waals surface area (Å²) >= 11 is 0. The molecule has 0 spiro atoms. The monoisotopic (exact) mass is 309 g/mol. The molecule has 0 aromatic carbocycles. The van der Waals surface area contributed by atoms with Crippen molar-refractivity contribution in [3.8, 4) is 0 Å². The first-order chi connectivity index (χ1) is 9.08.